The first-order valence-electron chi connectivity index (χ1n) is 8.73. The minimum Gasteiger partial charge on any atom is -0.480 e. The summed E-state index contributed by atoms with van der Waals surface area (Å²) in [5.41, 5.74) is 0. The van der Waals surface area contributed by atoms with Gasteiger partial charge in [0.15, 0.2) is 9.84 Å². The van der Waals surface area contributed by atoms with E-state index in [1.807, 2.05) is 6.26 Å². The molecule has 0 spiro atoms. The predicted octanol–water partition coefficient (Wildman–Crippen LogP) is -1.05. The van der Waals surface area contributed by atoms with Gasteiger partial charge in [0.05, 0.1) is 11.2 Å². The number of carbonyl (C=O) groups excluding carboxylic acids is 3. The van der Waals surface area contributed by atoms with Crippen LogP contribution < -0.4 is 10.6 Å². The molecule has 0 aromatic rings. The van der Waals surface area contributed by atoms with Crippen molar-refractivity contribution in [3.05, 3.63) is 0 Å². The Labute approximate surface area is 167 Å². The SMILES string of the molecule is CSCCC(NC(=O)C1N2C(=O)CC2S(=O)(=O)C1(C)C)C(=O)NC(C)C(=O)O. The van der Waals surface area contributed by atoms with Crippen molar-refractivity contribution in [2.75, 3.05) is 12.0 Å². The third-order valence-electron chi connectivity index (χ3n) is 5.20. The lowest BCUT2D eigenvalue weighted by Crippen LogP contribution is -2.62. The van der Waals surface area contributed by atoms with Gasteiger partial charge in [0.25, 0.3) is 0 Å². The normalized spacial score (nSPS) is 26.6. The molecule has 0 radical (unpaired) electrons. The number of nitrogens with zero attached hydrogens (tertiary/aromatic N) is 1. The largest absolute Gasteiger partial charge is 0.480 e. The van der Waals surface area contributed by atoms with Crippen LogP contribution in [0.5, 0.6) is 0 Å². The van der Waals surface area contributed by atoms with E-state index in [9.17, 15) is 27.6 Å². The van der Waals surface area contributed by atoms with Crippen molar-refractivity contribution < 1.29 is 32.7 Å². The monoisotopic (exact) mass is 435 g/mol. The lowest BCUT2D eigenvalue weighted by molar-refractivity contribution is -0.150. The molecule has 0 saturated carbocycles. The molecule has 0 aromatic carbocycles. The molecule has 4 atom stereocenters. The second kappa shape index (κ2) is 7.90. The Morgan fingerprint density at radius 3 is 2.43 bits per heavy atom. The number of hydrogen-bond acceptors (Lipinski definition) is 7. The fourth-order valence-electron chi connectivity index (χ4n) is 3.38. The van der Waals surface area contributed by atoms with Crippen molar-refractivity contribution in [2.45, 2.75) is 61.9 Å². The van der Waals surface area contributed by atoms with Gasteiger partial charge in [-0.25, -0.2) is 8.42 Å². The molecule has 2 heterocycles. The number of nitrogens with one attached hydrogen (secondary N) is 2. The van der Waals surface area contributed by atoms with Gasteiger partial charge in [0.1, 0.15) is 23.5 Å². The highest BCUT2D eigenvalue weighted by atomic mass is 32.2. The van der Waals surface area contributed by atoms with E-state index in [0.29, 0.717) is 5.75 Å². The van der Waals surface area contributed by atoms with Crippen LogP contribution in [0, 0.1) is 0 Å². The molecule has 0 bridgehead atoms. The highest BCUT2D eigenvalue weighted by molar-refractivity contribution is 7.98. The van der Waals surface area contributed by atoms with Crippen molar-refractivity contribution in [3.8, 4) is 0 Å². The number of aliphatic carboxylic acids is 1. The smallest absolute Gasteiger partial charge is 0.325 e. The fourth-order valence-corrected chi connectivity index (χ4v) is 5.99. The van der Waals surface area contributed by atoms with Gasteiger partial charge in [-0.05, 0) is 39.2 Å². The van der Waals surface area contributed by atoms with Crippen LogP contribution in [-0.4, -0.2) is 82.4 Å². The van der Waals surface area contributed by atoms with E-state index in [0.717, 1.165) is 4.90 Å². The second-order valence-electron chi connectivity index (χ2n) is 7.42. The van der Waals surface area contributed by atoms with Crippen LogP contribution in [0.25, 0.3) is 0 Å². The molecule has 3 N–H and O–H groups in total. The topological polar surface area (TPSA) is 150 Å². The zero-order valence-electron chi connectivity index (χ0n) is 16.1. The average molecular weight is 436 g/mol. The Morgan fingerprint density at radius 2 is 1.93 bits per heavy atom. The number of rotatable bonds is 8. The standard InChI is InChI=1S/C16H25N3O7S2/c1-8(15(23)24)17-13(21)9(5-6-27-4)18-14(22)12-16(2,3)28(25,26)11-7-10(20)19(11)12/h8-9,11-12H,5-7H2,1-4H3,(H,17,21)(H,18,22)(H,23,24). The summed E-state index contributed by atoms with van der Waals surface area (Å²) in [4.78, 5) is 49.3. The van der Waals surface area contributed by atoms with E-state index in [-0.39, 0.29) is 12.8 Å². The minimum absolute atomic E-state index is 0.151. The number of β-lactam (4-membered cyclic amide) rings is 1. The second-order valence-corrected chi connectivity index (χ2v) is 11.1. The van der Waals surface area contributed by atoms with Crippen LogP contribution >= 0.6 is 11.8 Å². The lowest BCUT2D eigenvalue weighted by Gasteiger charge is -2.37. The number of carbonyl (C=O) groups is 4. The molecule has 2 aliphatic heterocycles. The Morgan fingerprint density at radius 1 is 1.32 bits per heavy atom. The molecule has 10 nitrogen and oxygen atoms in total. The Kier molecular flexibility index (Phi) is 6.34. The molecular formula is C16H25N3O7S2. The first kappa shape index (κ1) is 22.5. The first-order chi connectivity index (χ1) is 12.9. The molecule has 2 aliphatic rings. The molecular weight excluding hydrogens is 410 g/mol. The molecule has 3 amide bonds. The third-order valence-corrected chi connectivity index (χ3v) is 8.64. The molecule has 2 rings (SSSR count). The molecule has 0 aromatic heterocycles. The van der Waals surface area contributed by atoms with Gasteiger partial charge in [-0.15, -0.1) is 0 Å². The summed E-state index contributed by atoms with van der Waals surface area (Å²) < 4.78 is 23.8. The van der Waals surface area contributed by atoms with E-state index in [1.54, 1.807) is 0 Å². The first-order valence-corrected chi connectivity index (χ1v) is 11.7. The van der Waals surface area contributed by atoms with Crippen molar-refractivity contribution in [2.24, 2.45) is 0 Å². The van der Waals surface area contributed by atoms with Crippen LogP contribution in [0.2, 0.25) is 0 Å². The summed E-state index contributed by atoms with van der Waals surface area (Å²) in [5.74, 6) is -2.56. The Bertz CT molecular complexity index is 796. The minimum atomic E-state index is -3.73. The van der Waals surface area contributed by atoms with E-state index >= 15 is 0 Å². The van der Waals surface area contributed by atoms with Crippen LogP contribution in [0.1, 0.15) is 33.6 Å². The predicted molar refractivity (Wildman–Crippen MR) is 102 cm³/mol. The van der Waals surface area contributed by atoms with E-state index in [2.05, 4.69) is 10.6 Å². The molecule has 2 saturated heterocycles. The molecule has 2 fully saturated rings. The van der Waals surface area contributed by atoms with Gasteiger partial charge in [0, 0.05) is 0 Å². The Hall–Kier alpha value is -1.82. The average Bonchev–Trinajstić information content (AvgIpc) is 2.71. The quantitative estimate of drug-likeness (QED) is 0.409. The van der Waals surface area contributed by atoms with E-state index in [1.165, 1.54) is 32.5 Å². The molecule has 12 heteroatoms. The molecule has 0 aliphatic carbocycles. The third kappa shape index (κ3) is 3.71. The summed E-state index contributed by atoms with van der Waals surface area (Å²) >= 11 is 1.44. The number of carboxylic acids is 1. The summed E-state index contributed by atoms with van der Waals surface area (Å²) in [5, 5.41) is 12.8. The van der Waals surface area contributed by atoms with Crippen LogP contribution in [-0.2, 0) is 29.0 Å². The van der Waals surface area contributed by atoms with Gasteiger partial charge >= 0.3 is 5.97 Å². The van der Waals surface area contributed by atoms with Crippen LogP contribution in [0.15, 0.2) is 0 Å². The van der Waals surface area contributed by atoms with Gasteiger partial charge < -0.3 is 20.6 Å². The van der Waals surface area contributed by atoms with Gasteiger partial charge in [-0.1, -0.05) is 0 Å². The molecule has 158 valence electrons. The number of thioether (sulfide) groups is 1. The van der Waals surface area contributed by atoms with Crippen molar-refractivity contribution >= 4 is 45.3 Å². The van der Waals surface area contributed by atoms with Gasteiger partial charge in [-0.3, -0.25) is 19.2 Å². The fraction of sp³-hybridized carbons (Fsp3) is 0.750. The number of carboxylic acid groups (broad SMARTS) is 1. The zero-order chi connectivity index (χ0) is 21.4. The maximum Gasteiger partial charge on any atom is 0.325 e. The summed E-state index contributed by atoms with van der Waals surface area (Å²) in [6.45, 7) is 4.08. The molecule has 28 heavy (non-hydrogen) atoms. The summed E-state index contributed by atoms with van der Waals surface area (Å²) in [6.07, 6.45) is 1.89. The zero-order valence-corrected chi connectivity index (χ0v) is 17.7. The lowest BCUT2D eigenvalue weighted by atomic mass is 9.97. The maximum atomic E-state index is 12.9. The number of hydrogen-bond donors (Lipinski definition) is 3. The number of fused-ring (bicyclic) bond motifs is 1. The van der Waals surface area contributed by atoms with E-state index < -0.39 is 61.8 Å². The van der Waals surface area contributed by atoms with Gasteiger partial charge in [0.2, 0.25) is 17.7 Å². The molecule has 4 unspecified atom stereocenters. The van der Waals surface area contributed by atoms with E-state index in [4.69, 9.17) is 5.11 Å². The maximum absolute atomic E-state index is 12.9. The summed E-state index contributed by atoms with van der Waals surface area (Å²) in [6, 6.07) is -3.44. The summed E-state index contributed by atoms with van der Waals surface area (Å²) in [7, 11) is -3.73. The Balaban J connectivity index is 2.21. The highest BCUT2D eigenvalue weighted by Crippen LogP contribution is 2.45. The van der Waals surface area contributed by atoms with Crippen LogP contribution in [0.3, 0.4) is 0 Å². The number of amides is 3. The number of sulfone groups is 1. The van der Waals surface area contributed by atoms with Gasteiger partial charge in [-0.2, -0.15) is 11.8 Å². The van der Waals surface area contributed by atoms with Crippen LogP contribution in [0.4, 0.5) is 0 Å². The van der Waals surface area contributed by atoms with Crippen molar-refractivity contribution in [1.29, 1.82) is 0 Å². The van der Waals surface area contributed by atoms with Crippen molar-refractivity contribution in [1.82, 2.24) is 15.5 Å². The highest BCUT2D eigenvalue weighted by Gasteiger charge is 2.67. The van der Waals surface area contributed by atoms with Crippen molar-refractivity contribution in [3.63, 3.8) is 0 Å².